The van der Waals surface area contributed by atoms with Crippen molar-refractivity contribution in [1.82, 2.24) is 10.2 Å². The maximum atomic E-state index is 11.8. The predicted octanol–water partition coefficient (Wildman–Crippen LogP) is 2.14. The van der Waals surface area contributed by atoms with E-state index in [0.29, 0.717) is 10.7 Å². The van der Waals surface area contributed by atoms with Gasteiger partial charge in [-0.25, -0.2) is 0 Å². The highest BCUT2D eigenvalue weighted by Gasteiger charge is 2.08. The van der Waals surface area contributed by atoms with Crippen LogP contribution in [0.4, 0.5) is 10.8 Å². The van der Waals surface area contributed by atoms with Gasteiger partial charge in [-0.1, -0.05) is 11.3 Å². The minimum Gasteiger partial charge on any atom is -0.388 e. The molecule has 0 bridgehead atoms. The molecule has 0 aliphatic heterocycles. The van der Waals surface area contributed by atoms with E-state index in [0.717, 1.165) is 10.7 Å². The molecule has 1 aromatic carbocycles. The number of hydrogen-bond donors (Lipinski definition) is 2. The number of nitrogens with one attached hydrogen (secondary N) is 2. The van der Waals surface area contributed by atoms with Gasteiger partial charge in [-0.15, -0.1) is 10.2 Å². The normalized spacial score (nSPS) is 10.0. The molecule has 0 saturated heterocycles. The van der Waals surface area contributed by atoms with Crippen molar-refractivity contribution >= 4 is 28.1 Å². The van der Waals surface area contributed by atoms with E-state index < -0.39 is 0 Å². The summed E-state index contributed by atoms with van der Waals surface area (Å²) in [6.07, 6.45) is 0. The number of carbonyl (C=O) groups is 1. The first-order valence-electron chi connectivity index (χ1n) is 5.08. The van der Waals surface area contributed by atoms with Crippen molar-refractivity contribution in [3.63, 3.8) is 0 Å². The van der Waals surface area contributed by atoms with Crippen LogP contribution in [0.25, 0.3) is 0 Å². The zero-order chi connectivity index (χ0) is 12.3. The van der Waals surface area contributed by atoms with E-state index in [1.807, 2.05) is 26.1 Å². The Morgan fingerprint density at radius 1 is 1.24 bits per heavy atom. The largest absolute Gasteiger partial charge is 0.388 e. The molecule has 2 N–H and O–H groups in total. The second kappa shape index (κ2) is 4.92. The average molecular weight is 248 g/mol. The maximum Gasteiger partial charge on any atom is 0.257 e. The number of benzene rings is 1. The molecular weight excluding hydrogens is 236 g/mol. The Bertz CT molecular complexity index is 521. The second-order valence-electron chi connectivity index (χ2n) is 3.41. The van der Waals surface area contributed by atoms with Gasteiger partial charge in [0.1, 0.15) is 5.01 Å². The van der Waals surface area contributed by atoms with E-state index in [2.05, 4.69) is 20.8 Å². The molecule has 0 aliphatic rings. The summed E-state index contributed by atoms with van der Waals surface area (Å²) in [7, 11) is 1.83. The van der Waals surface area contributed by atoms with Crippen molar-refractivity contribution < 1.29 is 4.79 Å². The zero-order valence-corrected chi connectivity index (χ0v) is 10.3. The van der Waals surface area contributed by atoms with Gasteiger partial charge in [0, 0.05) is 18.3 Å². The van der Waals surface area contributed by atoms with Crippen molar-refractivity contribution in [2.24, 2.45) is 0 Å². The molecule has 0 unspecified atom stereocenters. The second-order valence-corrected chi connectivity index (χ2v) is 4.59. The van der Waals surface area contributed by atoms with Gasteiger partial charge >= 0.3 is 0 Å². The Morgan fingerprint density at radius 3 is 2.47 bits per heavy atom. The third kappa shape index (κ3) is 2.79. The van der Waals surface area contributed by atoms with Crippen molar-refractivity contribution in [1.29, 1.82) is 0 Å². The molecule has 5 nitrogen and oxygen atoms in total. The molecule has 0 atom stereocenters. The first kappa shape index (κ1) is 11.5. The Labute approximate surface area is 103 Å². The van der Waals surface area contributed by atoms with Gasteiger partial charge in [0.05, 0.1) is 0 Å². The topological polar surface area (TPSA) is 66.9 Å². The number of nitrogens with zero attached hydrogens (tertiary/aromatic N) is 2. The molecule has 6 heteroatoms. The van der Waals surface area contributed by atoms with Crippen LogP contribution >= 0.6 is 11.3 Å². The minimum absolute atomic E-state index is 0.177. The number of amides is 1. The highest BCUT2D eigenvalue weighted by atomic mass is 32.1. The predicted molar refractivity (Wildman–Crippen MR) is 68.6 cm³/mol. The van der Waals surface area contributed by atoms with Crippen molar-refractivity contribution in [2.45, 2.75) is 6.92 Å². The summed E-state index contributed by atoms with van der Waals surface area (Å²) in [4.78, 5) is 11.8. The van der Waals surface area contributed by atoms with Gasteiger partial charge in [0.15, 0.2) is 0 Å². The SMILES string of the molecule is CNc1ccc(C(=O)Nc2nnc(C)s2)cc1. The first-order valence-corrected chi connectivity index (χ1v) is 5.90. The highest BCUT2D eigenvalue weighted by molar-refractivity contribution is 7.15. The van der Waals surface area contributed by atoms with Crippen LogP contribution in [0.3, 0.4) is 0 Å². The third-order valence-corrected chi connectivity index (χ3v) is 2.94. The van der Waals surface area contributed by atoms with Gasteiger partial charge < -0.3 is 5.32 Å². The van der Waals surface area contributed by atoms with E-state index >= 15 is 0 Å². The smallest absolute Gasteiger partial charge is 0.257 e. The number of anilines is 2. The maximum absolute atomic E-state index is 11.8. The van der Waals surface area contributed by atoms with E-state index in [4.69, 9.17) is 0 Å². The molecular formula is C11H12N4OS. The summed E-state index contributed by atoms with van der Waals surface area (Å²) in [5, 5.41) is 14.7. The summed E-state index contributed by atoms with van der Waals surface area (Å²) in [6, 6.07) is 7.21. The Hall–Kier alpha value is -1.95. The van der Waals surface area contributed by atoms with Crippen LogP contribution in [0.15, 0.2) is 24.3 Å². The molecule has 0 saturated carbocycles. The minimum atomic E-state index is -0.177. The monoisotopic (exact) mass is 248 g/mol. The summed E-state index contributed by atoms with van der Waals surface area (Å²) < 4.78 is 0. The number of aromatic nitrogens is 2. The quantitative estimate of drug-likeness (QED) is 0.873. The van der Waals surface area contributed by atoms with Crippen LogP contribution in [0.5, 0.6) is 0 Å². The van der Waals surface area contributed by atoms with Crippen LogP contribution in [-0.2, 0) is 0 Å². The molecule has 0 aliphatic carbocycles. The molecule has 0 spiro atoms. The lowest BCUT2D eigenvalue weighted by atomic mass is 10.2. The zero-order valence-electron chi connectivity index (χ0n) is 9.52. The van der Waals surface area contributed by atoms with Crippen molar-refractivity contribution in [3.05, 3.63) is 34.8 Å². The molecule has 2 aromatic rings. The highest BCUT2D eigenvalue weighted by Crippen LogP contribution is 2.15. The molecule has 1 amide bonds. The molecule has 2 rings (SSSR count). The van der Waals surface area contributed by atoms with Crippen LogP contribution in [0, 0.1) is 6.92 Å². The lowest BCUT2D eigenvalue weighted by Crippen LogP contribution is -2.11. The molecule has 0 fully saturated rings. The van der Waals surface area contributed by atoms with Gasteiger partial charge in [-0.3, -0.25) is 10.1 Å². The Morgan fingerprint density at radius 2 is 1.94 bits per heavy atom. The number of aryl methyl sites for hydroxylation is 1. The third-order valence-electron chi connectivity index (χ3n) is 2.18. The summed E-state index contributed by atoms with van der Waals surface area (Å²) >= 11 is 1.35. The average Bonchev–Trinajstić information content (AvgIpc) is 2.75. The standard InChI is InChI=1S/C11H12N4OS/c1-7-14-15-11(17-7)13-10(16)8-3-5-9(12-2)6-4-8/h3-6,12H,1-2H3,(H,13,15,16). The van der Waals surface area contributed by atoms with Crippen molar-refractivity contribution in [3.8, 4) is 0 Å². The van der Waals surface area contributed by atoms with Crippen molar-refractivity contribution in [2.75, 3.05) is 17.7 Å². The van der Waals surface area contributed by atoms with Gasteiger partial charge in [-0.05, 0) is 31.2 Å². The molecule has 88 valence electrons. The van der Waals surface area contributed by atoms with E-state index in [1.54, 1.807) is 12.1 Å². The van der Waals surface area contributed by atoms with E-state index in [9.17, 15) is 4.79 Å². The van der Waals surface area contributed by atoms with Gasteiger partial charge in [0.2, 0.25) is 5.13 Å². The Kier molecular flexibility index (Phi) is 3.34. The lowest BCUT2D eigenvalue weighted by molar-refractivity contribution is 0.102. The first-order chi connectivity index (χ1) is 8.19. The van der Waals surface area contributed by atoms with Gasteiger partial charge in [-0.2, -0.15) is 0 Å². The van der Waals surface area contributed by atoms with Crippen LogP contribution in [-0.4, -0.2) is 23.2 Å². The van der Waals surface area contributed by atoms with Crippen LogP contribution in [0.2, 0.25) is 0 Å². The number of hydrogen-bond acceptors (Lipinski definition) is 5. The molecule has 1 aromatic heterocycles. The molecule has 17 heavy (non-hydrogen) atoms. The molecule has 1 heterocycles. The Balaban J connectivity index is 2.09. The van der Waals surface area contributed by atoms with Crippen LogP contribution in [0.1, 0.15) is 15.4 Å². The summed E-state index contributed by atoms with van der Waals surface area (Å²) in [5.41, 5.74) is 1.56. The lowest BCUT2D eigenvalue weighted by Gasteiger charge is -2.03. The summed E-state index contributed by atoms with van der Waals surface area (Å²) in [6.45, 7) is 1.84. The van der Waals surface area contributed by atoms with E-state index in [-0.39, 0.29) is 5.91 Å². The fourth-order valence-electron chi connectivity index (χ4n) is 1.30. The number of rotatable bonds is 3. The fraction of sp³-hybridized carbons (Fsp3) is 0.182. The van der Waals surface area contributed by atoms with Crippen LogP contribution < -0.4 is 10.6 Å². The number of carbonyl (C=O) groups excluding carboxylic acids is 1. The summed E-state index contributed by atoms with van der Waals surface area (Å²) in [5.74, 6) is -0.177. The van der Waals surface area contributed by atoms with Gasteiger partial charge in [0.25, 0.3) is 5.91 Å². The fourth-order valence-corrected chi connectivity index (χ4v) is 1.89. The molecule has 0 radical (unpaired) electrons. The van der Waals surface area contributed by atoms with E-state index in [1.165, 1.54) is 11.3 Å².